The Labute approximate surface area is 126 Å². The maximum absolute atomic E-state index is 12.2. The summed E-state index contributed by atoms with van der Waals surface area (Å²) in [7, 11) is 0. The molecule has 8 heteroatoms. The van der Waals surface area contributed by atoms with Crippen molar-refractivity contribution in [1.29, 1.82) is 0 Å². The summed E-state index contributed by atoms with van der Waals surface area (Å²) in [6, 6.07) is 3.28. The van der Waals surface area contributed by atoms with Crippen molar-refractivity contribution in [3.8, 4) is 0 Å². The minimum atomic E-state index is -4.50. The van der Waals surface area contributed by atoms with Crippen LogP contribution in [0.5, 0.6) is 0 Å². The molecule has 1 amide bonds. The second-order valence-electron chi connectivity index (χ2n) is 5.21. The summed E-state index contributed by atoms with van der Waals surface area (Å²) < 4.78 is 47.5. The topological polar surface area (TPSA) is 54.7 Å². The van der Waals surface area contributed by atoms with Crippen LogP contribution in [-0.2, 0) is 9.53 Å². The Morgan fingerprint density at radius 1 is 1.36 bits per heavy atom. The molecule has 0 bridgehead atoms. The van der Waals surface area contributed by atoms with Crippen LogP contribution in [0, 0.1) is 6.92 Å². The Hall–Kier alpha value is -1.54. The van der Waals surface area contributed by atoms with Crippen molar-refractivity contribution in [1.82, 2.24) is 10.2 Å². The van der Waals surface area contributed by atoms with Crippen LogP contribution in [0.1, 0.15) is 24.0 Å². The second-order valence-corrected chi connectivity index (χ2v) is 5.21. The molecule has 1 aromatic rings. The number of furan rings is 1. The van der Waals surface area contributed by atoms with E-state index in [0.29, 0.717) is 32.1 Å². The quantitative estimate of drug-likeness (QED) is 0.902. The van der Waals surface area contributed by atoms with Crippen molar-refractivity contribution in [3.05, 3.63) is 23.7 Å². The van der Waals surface area contributed by atoms with Crippen LogP contribution in [0.15, 0.2) is 16.5 Å². The highest BCUT2D eigenvalue weighted by Crippen LogP contribution is 2.24. The van der Waals surface area contributed by atoms with Crippen molar-refractivity contribution in [2.24, 2.45) is 0 Å². The van der Waals surface area contributed by atoms with Crippen molar-refractivity contribution in [2.75, 3.05) is 32.8 Å². The summed E-state index contributed by atoms with van der Waals surface area (Å²) in [5.41, 5.74) is 0. The van der Waals surface area contributed by atoms with E-state index in [4.69, 9.17) is 9.15 Å². The first-order valence-corrected chi connectivity index (χ1v) is 7.07. The van der Waals surface area contributed by atoms with Gasteiger partial charge < -0.3 is 14.5 Å². The number of aryl methyl sites for hydroxylation is 1. The fraction of sp³-hybridized carbons (Fsp3) is 0.643. The maximum atomic E-state index is 12.2. The molecule has 22 heavy (non-hydrogen) atoms. The van der Waals surface area contributed by atoms with E-state index in [1.165, 1.54) is 0 Å². The number of nitrogens with one attached hydrogen (secondary N) is 1. The number of carbonyl (C=O) groups excluding carboxylic acids is 1. The molecule has 0 unspecified atom stereocenters. The van der Waals surface area contributed by atoms with Gasteiger partial charge in [-0.1, -0.05) is 0 Å². The van der Waals surface area contributed by atoms with Gasteiger partial charge in [0.25, 0.3) is 0 Å². The number of hydrogen-bond donors (Lipinski definition) is 1. The largest absolute Gasteiger partial charge is 0.465 e. The predicted molar refractivity (Wildman–Crippen MR) is 72.3 cm³/mol. The number of nitrogens with zero attached hydrogens (tertiary/aromatic N) is 1. The summed E-state index contributed by atoms with van der Waals surface area (Å²) in [6.07, 6.45) is -5.97. The number of carbonyl (C=O) groups is 1. The summed E-state index contributed by atoms with van der Waals surface area (Å²) in [5, 5.41) is 2.34. The average molecular weight is 320 g/mol. The molecule has 1 aromatic heterocycles. The van der Waals surface area contributed by atoms with Gasteiger partial charge in [-0.2, -0.15) is 13.2 Å². The van der Waals surface area contributed by atoms with E-state index in [-0.39, 0.29) is 12.6 Å². The molecule has 2 heterocycles. The molecule has 1 saturated heterocycles. The zero-order valence-electron chi connectivity index (χ0n) is 12.3. The zero-order valence-corrected chi connectivity index (χ0v) is 12.3. The summed E-state index contributed by atoms with van der Waals surface area (Å²) in [5.74, 6) is 0.315. The molecule has 1 aliphatic heterocycles. The predicted octanol–water partition coefficient (Wildman–Crippen LogP) is 2.03. The fourth-order valence-electron chi connectivity index (χ4n) is 2.39. The third-order valence-corrected chi connectivity index (χ3v) is 3.43. The van der Waals surface area contributed by atoms with Gasteiger partial charge in [-0.25, -0.2) is 0 Å². The molecule has 1 N–H and O–H groups in total. The minimum absolute atomic E-state index is 0.0713. The summed E-state index contributed by atoms with van der Waals surface area (Å²) in [6.45, 7) is 4.24. The molecular weight excluding hydrogens is 301 g/mol. The van der Waals surface area contributed by atoms with Gasteiger partial charge in [0.15, 0.2) is 0 Å². The van der Waals surface area contributed by atoms with Crippen molar-refractivity contribution in [2.45, 2.75) is 25.6 Å². The van der Waals surface area contributed by atoms with Crippen molar-refractivity contribution in [3.63, 3.8) is 0 Å². The average Bonchev–Trinajstić information content (AvgIpc) is 2.85. The number of morpholine rings is 1. The van der Waals surface area contributed by atoms with E-state index in [0.717, 1.165) is 5.76 Å². The number of halogens is 3. The first-order chi connectivity index (χ1) is 10.3. The number of amides is 1. The monoisotopic (exact) mass is 320 g/mol. The van der Waals surface area contributed by atoms with Crippen LogP contribution in [0.3, 0.4) is 0 Å². The molecule has 0 spiro atoms. The highest BCUT2D eigenvalue weighted by atomic mass is 19.4. The van der Waals surface area contributed by atoms with Crippen LogP contribution in [0.25, 0.3) is 0 Å². The Kier molecular flexibility index (Phi) is 5.47. The molecule has 1 atom stereocenters. The van der Waals surface area contributed by atoms with Gasteiger partial charge in [0.05, 0.1) is 19.3 Å². The Bertz CT molecular complexity index is 496. The Balaban J connectivity index is 2.00. The molecule has 0 radical (unpaired) electrons. The molecule has 5 nitrogen and oxygen atoms in total. The van der Waals surface area contributed by atoms with E-state index >= 15 is 0 Å². The number of alkyl halides is 3. The first-order valence-electron chi connectivity index (χ1n) is 7.07. The Morgan fingerprint density at radius 2 is 2.05 bits per heavy atom. The first kappa shape index (κ1) is 16.8. The van der Waals surface area contributed by atoms with Crippen molar-refractivity contribution < 1.29 is 27.1 Å². The molecule has 0 aliphatic carbocycles. The fourth-order valence-corrected chi connectivity index (χ4v) is 2.39. The van der Waals surface area contributed by atoms with Crippen LogP contribution in [0.4, 0.5) is 13.2 Å². The van der Waals surface area contributed by atoms with Gasteiger partial charge in [0.2, 0.25) is 5.91 Å². The van der Waals surface area contributed by atoms with Gasteiger partial charge >= 0.3 is 6.18 Å². The number of hydrogen-bond acceptors (Lipinski definition) is 4. The Morgan fingerprint density at radius 3 is 2.59 bits per heavy atom. The molecule has 0 aromatic carbocycles. The van der Waals surface area contributed by atoms with Crippen LogP contribution >= 0.6 is 0 Å². The molecule has 2 rings (SSSR count). The van der Waals surface area contributed by atoms with E-state index in [2.05, 4.69) is 5.32 Å². The van der Waals surface area contributed by atoms with Crippen LogP contribution < -0.4 is 5.32 Å². The number of ether oxygens (including phenoxy) is 1. The van der Waals surface area contributed by atoms with E-state index in [9.17, 15) is 18.0 Å². The van der Waals surface area contributed by atoms with E-state index in [1.54, 1.807) is 19.1 Å². The van der Waals surface area contributed by atoms with Gasteiger partial charge in [-0.3, -0.25) is 9.69 Å². The zero-order chi connectivity index (χ0) is 16.2. The molecule has 124 valence electrons. The molecule has 1 aliphatic rings. The van der Waals surface area contributed by atoms with Gasteiger partial charge in [-0.15, -0.1) is 0 Å². The standard InChI is InChI=1S/C14H19F3N2O3/c1-10-2-3-12(22-10)11(19-4-6-21-7-5-19)9-18-13(20)8-14(15,16)17/h2-3,11H,4-9H2,1H3,(H,18,20)/t11-/m1/s1. The second kappa shape index (κ2) is 7.15. The smallest absolute Gasteiger partial charge is 0.397 e. The lowest BCUT2D eigenvalue weighted by Crippen LogP contribution is -2.44. The third-order valence-electron chi connectivity index (χ3n) is 3.43. The lowest BCUT2D eigenvalue weighted by atomic mass is 10.1. The lowest BCUT2D eigenvalue weighted by molar-refractivity contribution is -0.153. The minimum Gasteiger partial charge on any atom is -0.465 e. The van der Waals surface area contributed by atoms with E-state index < -0.39 is 18.5 Å². The van der Waals surface area contributed by atoms with Crippen LogP contribution in [0.2, 0.25) is 0 Å². The molecular formula is C14H19F3N2O3. The van der Waals surface area contributed by atoms with Crippen molar-refractivity contribution >= 4 is 5.91 Å². The van der Waals surface area contributed by atoms with Gasteiger partial charge in [-0.05, 0) is 19.1 Å². The third kappa shape index (κ3) is 5.03. The van der Waals surface area contributed by atoms with E-state index in [1.807, 2.05) is 4.90 Å². The summed E-state index contributed by atoms with van der Waals surface area (Å²) >= 11 is 0. The molecule has 0 saturated carbocycles. The maximum Gasteiger partial charge on any atom is 0.397 e. The highest BCUT2D eigenvalue weighted by Gasteiger charge is 2.32. The van der Waals surface area contributed by atoms with Gasteiger partial charge in [0.1, 0.15) is 17.9 Å². The summed E-state index contributed by atoms with van der Waals surface area (Å²) in [4.78, 5) is 13.4. The highest BCUT2D eigenvalue weighted by molar-refractivity contribution is 5.76. The SMILES string of the molecule is Cc1ccc([C@@H](CNC(=O)CC(F)(F)F)N2CCOCC2)o1. The normalized spacial score (nSPS) is 18.2. The van der Waals surface area contributed by atoms with Gasteiger partial charge in [0, 0.05) is 19.6 Å². The number of rotatable bonds is 5. The van der Waals surface area contributed by atoms with Crippen LogP contribution in [-0.4, -0.2) is 49.8 Å². The lowest BCUT2D eigenvalue weighted by Gasteiger charge is -2.33. The molecule has 1 fully saturated rings.